The van der Waals surface area contributed by atoms with Gasteiger partial charge in [-0.2, -0.15) is 0 Å². The van der Waals surface area contributed by atoms with Gasteiger partial charge < -0.3 is 10.4 Å². The number of hydrogen-bond acceptors (Lipinski definition) is 5. The predicted octanol–water partition coefficient (Wildman–Crippen LogP) is -0.492. The number of carboxylic acid groups (broad SMARTS) is 1. The monoisotopic (exact) mass is 238 g/mol. The van der Waals surface area contributed by atoms with Gasteiger partial charge in [0.25, 0.3) is 0 Å². The van der Waals surface area contributed by atoms with Crippen LogP contribution in [-0.4, -0.2) is 37.9 Å². The van der Waals surface area contributed by atoms with Crippen molar-refractivity contribution in [3.05, 3.63) is 11.9 Å². The summed E-state index contributed by atoms with van der Waals surface area (Å²) in [6, 6.07) is -0.650. The highest BCUT2D eigenvalue weighted by Crippen LogP contribution is 2.28. The van der Waals surface area contributed by atoms with Crippen LogP contribution in [0.1, 0.15) is 25.1 Å². The second-order valence-electron chi connectivity index (χ2n) is 4.35. The number of aliphatic carboxylic acids is 1. The molecule has 0 amide bonds. The molecule has 0 saturated carbocycles. The fraction of sp³-hybridized carbons (Fsp3) is 0.600. The minimum absolute atomic E-state index is 0.0508. The first-order valence-electron chi connectivity index (χ1n) is 5.37. The van der Waals surface area contributed by atoms with E-state index < -0.39 is 17.9 Å². The molecule has 0 radical (unpaired) electrons. The minimum Gasteiger partial charge on any atom is -0.481 e. The maximum Gasteiger partial charge on any atom is 0.316 e. The largest absolute Gasteiger partial charge is 0.481 e. The molecule has 1 aliphatic rings. The van der Waals surface area contributed by atoms with Gasteiger partial charge in [-0.05, 0) is 6.92 Å². The molecule has 1 aromatic heterocycles. The molecule has 2 N–H and O–H groups in total. The molecule has 0 aromatic carbocycles. The number of Topliss-reactive ketones (excluding diaryl/α,β-unsaturated/α-hetero) is 1. The lowest BCUT2D eigenvalue weighted by molar-refractivity contribution is -0.149. The Labute approximate surface area is 97.8 Å². The van der Waals surface area contributed by atoms with Gasteiger partial charge >= 0.3 is 5.97 Å². The highest BCUT2D eigenvalue weighted by molar-refractivity contribution is 6.00. The highest BCUT2D eigenvalue weighted by atomic mass is 16.4. The number of hydrogen-bond donors (Lipinski definition) is 2. The van der Waals surface area contributed by atoms with Crippen molar-refractivity contribution in [3.63, 3.8) is 0 Å². The first-order valence-corrected chi connectivity index (χ1v) is 5.37. The number of carbonyl (C=O) groups excluding carboxylic acids is 1. The first-order chi connectivity index (χ1) is 7.99. The summed E-state index contributed by atoms with van der Waals surface area (Å²) in [6.07, 6.45) is 1.85. The molecule has 0 bridgehead atoms. The molecular formula is C10H14N4O3. The molecule has 3 atom stereocenters. The fourth-order valence-electron chi connectivity index (χ4n) is 2.12. The Morgan fingerprint density at radius 2 is 2.35 bits per heavy atom. The second-order valence-corrected chi connectivity index (χ2v) is 4.35. The summed E-state index contributed by atoms with van der Waals surface area (Å²) >= 11 is 0. The summed E-state index contributed by atoms with van der Waals surface area (Å²) in [5, 5.41) is 19.8. The number of carboxylic acids is 1. The highest BCUT2D eigenvalue weighted by Gasteiger charge is 2.41. The molecular weight excluding hydrogens is 224 g/mol. The molecule has 17 heavy (non-hydrogen) atoms. The summed E-state index contributed by atoms with van der Waals surface area (Å²) in [6.45, 7) is 1.85. The van der Waals surface area contributed by atoms with Gasteiger partial charge in [0.05, 0.1) is 6.04 Å². The van der Waals surface area contributed by atoms with E-state index in [9.17, 15) is 9.59 Å². The van der Waals surface area contributed by atoms with Crippen molar-refractivity contribution in [2.45, 2.75) is 25.4 Å². The summed E-state index contributed by atoms with van der Waals surface area (Å²) in [7, 11) is 1.69. The molecule has 7 nitrogen and oxygen atoms in total. The third kappa shape index (κ3) is 2.19. The summed E-state index contributed by atoms with van der Waals surface area (Å²) in [5.41, 5.74) is 0.486. The van der Waals surface area contributed by atoms with E-state index in [0.29, 0.717) is 5.69 Å². The van der Waals surface area contributed by atoms with Gasteiger partial charge in [0.15, 0.2) is 5.78 Å². The van der Waals surface area contributed by atoms with E-state index in [0.717, 1.165) is 0 Å². The topological polar surface area (TPSA) is 97.1 Å². The van der Waals surface area contributed by atoms with Gasteiger partial charge in [0, 0.05) is 25.7 Å². The van der Waals surface area contributed by atoms with Crippen LogP contribution in [0.25, 0.3) is 0 Å². The van der Waals surface area contributed by atoms with Crippen LogP contribution in [0, 0.1) is 5.92 Å². The third-order valence-corrected chi connectivity index (χ3v) is 2.86. The van der Waals surface area contributed by atoms with Gasteiger partial charge in [0.1, 0.15) is 11.6 Å². The van der Waals surface area contributed by atoms with Crippen LogP contribution >= 0.6 is 0 Å². The van der Waals surface area contributed by atoms with Crippen LogP contribution in [0.3, 0.4) is 0 Å². The number of ketones is 1. The minimum atomic E-state index is -1.12. The molecule has 1 aliphatic heterocycles. The number of carbonyl (C=O) groups is 2. The van der Waals surface area contributed by atoms with Crippen molar-refractivity contribution in [1.29, 1.82) is 0 Å². The van der Waals surface area contributed by atoms with Crippen LogP contribution in [0.2, 0.25) is 0 Å². The van der Waals surface area contributed by atoms with E-state index >= 15 is 0 Å². The van der Waals surface area contributed by atoms with Gasteiger partial charge in [0.2, 0.25) is 0 Å². The van der Waals surface area contributed by atoms with Crippen molar-refractivity contribution in [3.8, 4) is 0 Å². The molecule has 0 aliphatic carbocycles. The van der Waals surface area contributed by atoms with Crippen LogP contribution in [-0.2, 0) is 16.6 Å². The molecule has 7 heteroatoms. The lowest BCUT2D eigenvalue weighted by atomic mass is 9.85. The molecule has 92 valence electrons. The zero-order chi connectivity index (χ0) is 12.6. The maximum absolute atomic E-state index is 11.8. The molecule has 0 unspecified atom stereocenters. The van der Waals surface area contributed by atoms with Crippen molar-refractivity contribution < 1.29 is 14.7 Å². The average molecular weight is 238 g/mol. The summed E-state index contributed by atoms with van der Waals surface area (Å²) < 4.78 is 1.49. The number of rotatable bonds is 2. The molecule has 1 saturated heterocycles. The summed E-state index contributed by atoms with van der Waals surface area (Å²) in [5.74, 6) is -2.47. The zero-order valence-electron chi connectivity index (χ0n) is 9.62. The Bertz CT molecular complexity index is 456. The SMILES string of the molecule is C[C@H]1CC(=O)[C@H](C(=O)O)[C@@H](c2cn(C)nn2)N1. The van der Waals surface area contributed by atoms with Gasteiger partial charge in [-0.15, -0.1) is 5.10 Å². The normalized spacial score (nSPS) is 29.3. The average Bonchev–Trinajstić information content (AvgIpc) is 2.62. The molecule has 1 aromatic rings. The number of piperidine rings is 1. The number of nitrogens with one attached hydrogen (secondary N) is 1. The van der Waals surface area contributed by atoms with E-state index in [1.807, 2.05) is 6.92 Å². The van der Waals surface area contributed by atoms with E-state index in [1.54, 1.807) is 13.2 Å². The van der Waals surface area contributed by atoms with E-state index in [2.05, 4.69) is 15.6 Å². The fourth-order valence-corrected chi connectivity index (χ4v) is 2.12. The van der Waals surface area contributed by atoms with Crippen LogP contribution in [0.5, 0.6) is 0 Å². The Balaban J connectivity index is 2.33. The van der Waals surface area contributed by atoms with Gasteiger partial charge in [-0.25, -0.2) is 0 Å². The Morgan fingerprint density at radius 1 is 1.65 bits per heavy atom. The summed E-state index contributed by atoms with van der Waals surface area (Å²) in [4.78, 5) is 22.9. The standard InChI is InChI=1S/C10H14N4O3/c1-5-3-7(15)8(10(16)17)9(11-5)6-4-14(2)13-12-6/h4-5,8-9,11H,3H2,1-2H3,(H,16,17)/t5-,8-,9+/m0/s1. The second kappa shape index (κ2) is 4.25. The van der Waals surface area contributed by atoms with Crippen molar-refractivity contribution >= 4 is 11.8 Å². The van der Waals surface area contributed by atoms with E-state index in [4.69, 9.17) is 5.11 Å². The first kappa shape index (κ1) is 11.7. The number of aromatic nitrogens is 3. The quantitative estimate of drug-likeness (QED) is 0.675. The number of aryl methyl sites for hydroxylation is 1. The zero-order valence-corrected chi connectivity index (χ0v) is 9.62. The Hall–Kier alpha value is -1.76. The maximum atomic E-state index is 11.8. The van der Waals surface area contributed by atoms with Crippen LogP contribution < -0.4 is 5.32 Å². The lowest BCUT2D eigenvalue weighted by Crippen LogP contribution is -2.48. The molecule has 2 rings (SSSR count). The molecule has 1 fully saturated rings. The van der Waals surface area contributed by atoms with Gasteiger partial charge in [-0.3, -0.25) is 14.3 Å². The van der Waals surface area contributed by atoms with Crippen molar-refractivity contribution in [2.24, 2.45) is 13.0 Å². The van der Waals surface area contributed by atoms with Gasteiger partial charge in [-0.1, -0.05) is 5.21 Å². The third-order valence-electron chi connectivity index (χ3n) is 2.86. The van der Waals surface area contributed by atoms with Crippen molar-refractivity contribution in [2.75, 3.05) is 0 Å². The van der Waals surface area contributed by atoms with Crippen LogP contribution in [0.4, 0.5) is 0 Å². The van der Waals surface area contributed by atoms with E-state index in [-0.39, 0.29) is 18.2 Å². The lowest BCUT2D eigenvalue weighted by Gasteiger charge is -2.31. The number of nitrogens with zero attached hydrogens (tertiary/aromatic N) is 3. The van der Waals surface area contributed by atoms with E-state index in [1.165, 1.54) is 4.68 Å². The van der Waals surface area contributed by atoms with Crippen molar-refractivity contribution in [1.82, 2.24) is 20.3 Å². The predicted molar refractivity (Wildman–Crippen MR) is 57.1 cm³/mol. The Kier molecular flexibility index (Phi) is 2.93. The molecule has 2 heterocycles. The Morgan fingerprint density at radius 3 is 2.88 bits per heavy atom. The van der Waals surface area contributed by atoms with Crippen LogP contribution in [0.15, 0.2) is 6.20 Å². The smallest absolute Gasteiger partial charge is 0.316 e. The molecule has 0 spiro atoms.